The van der Waals surface area contributed by atoms with E-state index in [4.69, 9.17) is 0 Å². The third kappa shape index (κ3) is 2.76. The highest BCUT2D eigenvalue weighted by Crippen LogP contribution is 2.38. The first-order chi connectivity index (χ1) is 12.4. The van der Waals surface area contributed by atoms with Crippen LogP contribution in [0.15, 0.2) is 48.5 Å². The first kappa shape index (κ1) is 17.0. The fourth-order valence-electron chi connectivity index (χ4n) is 3.80. The highest BCUT2D eigenvalue weighted by Gasteiger charge is 2.54. The van der Waals surface area contributed by atoms with Gasteiger partial charge in [0.15, 0.2) is 9.84 Å². The van der Waals surface area contributed by atoms with E-state index in [1.165, 1.54) is 29.2 Å². The number of sulfone groups is 1. The van der Waals surface area contributed by atoms with E-state index in [9.17, 15) is 17.6 Å². The van der Waals surface area contributed by atoms with Crippen LogP contribution >= 0.6 is 0 Å². The highest BCUT2D eigenvalue weighted by molar-refractivity contribution is 7.91. The van der Waals surface area contributed by atoms with Gasteiger partial charge in [0.05, 0.1) is 23.6 Å². The van der Waals surface area contributed by atoms with Crippen molar-refractivity contribution in [3.05, 3.63) is 59.9 Å². The number of benzene rings is 2. The lowest BCUT2D eigenvalue weighted by Crippen LogP contribution is -2.37. The van der Waals surface area contributed by atoms with E-state index >= 15 is 0 Å². The molecule has 4 rings (SSSR count). The molecule has 2 fully saturated rings. The van der Waals surface area contributed by atoms with E-state index in [0.717, 1.165) is 12.0 Å². The number of hydrogen-bond acceptors (Lipinski definition) is 3. The van der Waals surface area contributed by atoms with E-state index < -0.39 is 27.7 Å². The summed E-state index contributed by atoms with van der Waals surface area (Å²) < 4.78 is 37.7. The number of urea groups is 1. The fourth-order valence-corrected chi connectivity index (χ4v) is 5.72. The molecule has 2 aliphatic rings. The molecule has 0 unspecified atom stereocenters. The topological polar surface area (TPSA) is 57.7 Å². The number of amides is 2. The van der Waals surface area contributed by atoms with Crippen molar-refractivity contribution in [3.63, 3.8) is 0 Å². The van der Waals surface area contributed by atoms with Gasteiger partial charge < -0.3 is 0 Å². The van der Waals surface area contributed by atoms with E-state index in [2.05, 4.69) is 0 Å². The van der Waals surface area contributed by atoms with Crippen LogP contribution in [0, 0.1) is 5.82 Å². The molecule has 136 valence electrons. The number of fused-ring (bicyclic) bond motifs is 1. The number of halogens is 1. The van der Waals surface area contributed by atoms with Crippen LogP contribution in [-0.4, -0.2) is 38.0 Å². The lowest BCUT2D eigenvalue weighted by molar-refractivity contribution is 0.255. The minimum Gasteiger partial charge on any atom is -0.288 e. The smallest absolute Gasteiger partial charge is 0.288 e. The van der Waals surface area contributed by atoms with E-state index in [0.29, 0.717) is 11.4 Å². The standard InChI is InChI=1S/C19H19FN2O3S/c1-2-13-3-7-15(8-4-13)21-17-11-26(24,25)12-18(17)22(19(21)23)16-9-5-14(20)6-10-16/h3-10,17-18H,2,11-12H2,1H3/t17-,18+/m0/s1. The Morgan fingerprint density at radius 3 is 1.85 bits per heavy atom. The Bertz CT molecular complexity index is 942. The third-order valence-electron chi connectivity index (χ3n) is 5.10. The van der Waals surface area contributed by atoms with Gasteiger partial charge in [-0.2, -0.15) is 0 Å². The predicted octanol–water partition coefficient (Wildman–Crippen LogP) is 3.00. The molecule has 0 spiro atoms. The normalized spacial score (nSPS) is 24.2. The summed E-state index contributed by atoms with van der Waals surface area (Å²) >= 11 is 0. The molecular formula is C19H19FN2O3S. The Morgan fingerprint density at radius 2 is 1.38 bits per heavy atom. The Morgan fingerprint density at radius 1 is 0.923 bits per heavy atom. The molecule has 2 saturated heterocycles. The molecule has 0 bridgehead atoms. The van der Waals surface area contributed by atoms with Crippen LogP contribution < -0.4 is 9.80 Å². The first-order valence-corrected chi connectivity index (χ1v) is 10.4. The van der Waals surface area contributed by atoms with Gasteiger partial charge in [0.25, 0.3) is 0 Å². The second-order valence-corrected chi connectivity index (χ2v) is 8.88. The van der Waals surface area contributed by atoms with Crippen LogP contribution in [0.2, 0.25) is 0 Å². The maximum atomic E-state index is 13.3. The maximum absolute atomic E-state index is 13.3. The molecule has 0 saturated carbocycles. The summed E-state index contributed by atoms with van der Waals surface area (Å²) in [5.41, 5.74) is 2.34. The molecule has 2 atom stereocenters. The molecule has 5 nitrogen and oxygen atoms in total. The second kappa shape index (κ2) is 6.09. The largest absolute Gasteiger partial charge is 0.329 e. The minimum absolute atomic E-state index is 0.0589. The Balaban J connectivity index is 1.77. The molecule has 2 heterocycles. The van der Waals surface area contributed by atoms with Gasteiger partial charge >= 0.3 is 6.03 Å². The van der Waals surface area contributed by atoms with Crippen LogP contribution in [0.5, 0.6) is 0 Å². The predicted molar refractivity (Wildman–Crippen MR) is 98.8 cm³/mol. The van der Waals surface area contributed by atoms with Crippen molar-refractivity contribution in [2.45, 2.75) is 25.4 Å². The summed E-state index contributed by atoms with van der Waals surface area (Å²) in [5.74, 6) is -0.538. The average Bonchev–Trinajstić information content (AvgIpc) is 3.05. The van der Waals surface area contributed by atoms with Crippen LogP contribution in [0.3, 0.4) is 0 Å². The van der Waals surface area contributed by atoms with E-state index in [1.807, 2.05) is 31.2 Å². The zero-order chi connectivity index (χ0) is 18.5. The van der Waals surface area contributed by atoms with Crippen LogP contribution in [0.4, 0.5) is 20.6 Å². The third-order valence-corrected chi connectivity index (χ3v) is 6.80. The zero-order valence-electron chi connectivity index (χ0n) is 14.3. The number of hydrogen-bond donors (Lipinski definition) is 0. The number of nitrogens with zero attached hydrogens (tertiary/aromatic N) is 2. The summed E-state index contributed by atoms with van der Waals surface area (Å²) in [5, 5.41) is 0. The molecule has 7 heteroatoms. The molecule has 2 aromatic carbocycles. The van der Waals surface area contributed by atoms with Gasteiger partial charge in [-0.25, -0.2) is 17.6 Å². The maximum Gasteiger partial charge on any atom is 0.329 e. The molecular weight excluding hydrogens is 355 g/mol. The van der Waals surface area contributed by atoms with Crippen molar-refractivity contribution in [2.24, 2.45) is 0 Å². The average molecular weight is 374 g/mol. The van der Waals surface area contributed by atoms with Gasteiger partial charge in [0.2, 0.25) is 0 Å². The summed E-state index contributed by atoms with van der Waals surface area (Å²) in [4.78, 5) is 16.2. The van der Waals surface area contributed by atoms with Crippen LogP contribution in [0.1, 0.15) is 12.5 Å². The zero-order valence-corrected chi connectivity index (χ0v) is 15.1. The number of anilines is 2. The molecule has 0 aromatic heterocycles. The molecule has 0 radical (unpaired) electrons. The molecule has 2 aliphatic heterocycles. The van der Waals surface area contributed by atoms with Gasteiger partial charge in [0.1, 0.15) is 5.82 Å². The van der Waals surface area contributed by atoms with Gasteiger partial charge in [-0.1, -0.05) is 19.1 Å². The van der Waals surface area contributed by atoms with Gasteiger partial charge in [0, 0.05) is 11.4 Å². The highest BCUT2D eigenvalue weighted by atomic mass is 32.2. The second-order valence-electron chi connectivity index (χ2n) is 6.73. The van der Waals surface area contributed by atoms with Crippen molar-refractivity contribution in [1.82, 2.24) is 0 Å². The summed E-state index contributed by atoms with van der Waals surface area (Å²) in [6, 6.07) is 12.0. The van der Waals surface area contributed by atoms with Crippen molar-refractivity contribution >= 4 is 27.2 Å². The van der Waals surface area contributed by atoms with Crippen LogP contribution in [-0.2, 0) is 16.3 Å². The Labute approximate surface area is 152 Å². The molecule has 0 N–H and O–H groups in total. The lowest BCUT2D eigenvalue weighted by atomic mass is 10.1. The Hall–Kier alpha value is -2.41. The lowest BCUT2D eigenvalue weighted by Gasteiger charge is -2.23. The van der Waals surface area contributed by atoms with Crippen molar-refractivity contribution in [2.75, 3.05) is 21.3 Å². The van der Waals surface area contributed by atoms with E-state index in [1.54, 1.807) is 4.90 Å². The van der Waals surface area contributed by atoms with E-state index in [-0.39, 0.29) is 17.5 Å². The first-order valence-electron chi connectivity index (χ1n) is 8.57. The summed E-state index contributed by atoms with van der Waals surface area (Å²) in [6.07, 6.45) is 0.885. The quantitative estimate of drug-likeness (QED) is 0.776. The van der Waals surface area contributed by atoms with Gasteiger partial charge in [-0.05, 0) is 48.4 Å². The molecule has 2 aromatic rings. The monoisotopic (exact) mass is 374 g/mol. The minimum atomic E-state index is -3.24. The number of rotatable bonds is 3. The molecule has 26 heavy (non-hydrogen) atoms. The van der Waals surface area contributed by atoms with Crippen molar-refractivity contribution < 1.29 is 17.6 Å². The van der Waals surface area contributed by atoms with Crippen LogP contribution in [0.25, 0.3) is 0 Å². The number of aryl methyl sites for hydroxylation is 1. The van der Waals surface area contributed by atoms with Crippen molar-refractivity contribution in [3.8, 4) is 0 Å². The summed E-state index contributed by atoms with van der Waals surface area (Å²) in [7, 11) is -3.24. The molecule has 0 aliphatic carbocycles. The SMILES string of the molecule is CCc1ccc(N2C(=O)N(c3ccc(F)cc3)[C@@H]3CS(=O)(=O)C[C@@H]32)cc1. The number of carbonyl (C=O) groups is 1. The van der Waals surface area contributed by atoms with Gasteiger partial charge in [-0.15, -0.1) is 0 Å². The molecule has 2 amide bonds. The number of carbonyl (C=O) groups excluding carboxylic acids is 1. The fraction of sp³-hybridized carbons (Fsp3) is 0.316. The van der Waals surface area contributed by atoms with Gasteiger partial charge in [-0.3, -0.25) is 9.80 Å². The summed E-state index contributed by atoms with van der Waals surface area (Å²) in [6.45, 7) is 2.05. The Kier molecular flexibility index (Phi) is 3.99. The van der Waals surface area contributed by atoms with Crippen molar-refractivity contribution in [1.29, 1.82) is 0 Å².